The summed E-state index contributed by atoms with van der Waals surface area (Å²) in [6.45, 7) is 9.28. The van der Waals surface area contributed by atoms with Crippen molar-refractivity contribution >= 4 is 5.91 Å². The molecule has 1 aliphatic rings. The van der Waals surface area contributed by atoms with Crippen LogP contribution in [0.15, 0.2) is 0 Å². The van der Waals surface area contributed by atoms with Gasteiger partial charge in [-0.2, -0.15) is 0 Å². The number of rotatable bonds is 3. The van der Waals surface area contributed by atoms with Crippen LogP contribution in [0.4, 0.5) is 0 Å². The molecule has 4 nitrogen and oxygen atoms in total. The fraction of sp³-hybridized carbons (Fsp3) is 0.900. The van der Waals surface area contributed by atoms with Crippen LogP contribution in [0, 0.1) is 0 Å². The molecule has 1 rings (SSSR count). The van der Waals surface area contributed by atoms with Crippen LogP contribution in [0.25, 0.3) is 0 Å². The van der Waals surface area contributed by atoms with Crippen LogP contribution in [0.5, 0.6) is 0 Å². The summed E-state index contributed by atoms with van der Waals surface area (Å²) in [5.41, 5.74) is 0. The molecule has 1 N–H and O–H groups in total. The van der Waals surface area contributed by atoms with Crippen LogP contribution in [-0.4, -0.2) is 49.2 Å². The van der Waals surface area contributed by atoms with E-state index in [1.165, 1.54) is 0 Å². The predicted molar refractivity (Wildman–Crippen MR) is 55.1 cm³/mol. The number of carbonyl (C=O) groups excluding carboxylic acids is 1. The number of hydrogen-bond donors (Lipinski definition) is 1. The van der Waals surface area contributed by atoms with E-state index in [-0.39, 0.29) is 5.91 Å². The third-order valence-electron chi connectivity index (χ3n) is 2.30. The van der Waals surface area contributed by atoms with Gasteiger partial charge in [0, 0.05) is 33.1 Å². The topological polar surface area (TPSA) is 41.6 Å². The lowest BCUT2D eigenvalue weighted by Crippen LogP contribution is -2.47. The predicted octanol–water partition coefficient (Wildman–Crippen LogP) is 0.232. The van der Waals surface area contributed by atoms with E-state index >= 15 is 0 Å². The Hall–Kier alpha value is -0.610. The fourth-order valence-electron chi connectivity index (χ4n) is 1.86. The minimum absolute atomic E-state index is 0.0411. The van der Waals surface area contributed by atoms with Gasteiger partial charge in [0.05, 0.1) is 12.2 Å². The number of amides is 1. The Morgan fingerprint density at radius 3 is 2.50 bits per heavy atom. The van der Waals surface area contributed by atoms with Crippen molar-refractivity contribution in [3.05, 3.63) is 0 Å². The van der Waals surface area contributed by atoms with Crippen molar-refractivity contribution in [1.82, 2.24) is 10.2 Å². The summed E-state index contributed by atoms with van der Waals surface area (Å²) in [6, 6.07) is 0. The Balaban J connectivity index is 2.20. The molecule has 0 spiro atoms. The zero-order valence-corrected chi connectivity index (χ0v) is 9.25. The summed E-state index contributed by atoms with van der Waals surface area (Å²) in [5.74, 6) is 0.0411. The Morgan fingerprint density at radius 2 is 2.00 bits per heavy atom. The van der Waals surface area contributed by atoms with Crippen molar-refractivity contribution in [2.24, 2.45) is 0 Å². The van der Waals surface area contributed by atoms with E-state index < -0.39 is 0 Å². The van der Waals surface area contributed by atoms with Gasteiger partial charge in [0.15, 0.2) is 0 Å². The second-order valence-electron chi connectivity index (χ2n) is 4.00. The lowest BCUT2D eigenvalue weighted by atomic mass is 10.2. The SMILES string of the molecule is CC(=O)NCCN1C[C@@H](C)O[C@@H](C)C1. The molecule has 0 bridgehead atoms. The van der Waals surface area contributed by atoms with Gasteiger partial charge in [0.25, 0.3) is 0 Å². The summed E-state index contributed by atoms with van der Waals surface area (Å²) in [7, 11) is 0. The molecule has 0 unspecified atom stereocenters. The summed E-state index contributed by atoms with van der Waals surface area (Å²) in [6.07, 6.45) is 0.604. The van der Waals surface area contributed by atoms with Gasteiger partial charge in [-0.25, -0.2) is 0 Å². The van der Waals surface area contributed by atoms with Crippen molar-refractivity contribution in [1.29, 1.82) is 0 Å². The highest BCUT2D eigenvalue weighted by atomic mass is 16.5. The van der Waals surface area contributed by atoms with Gasteiger partial charge in [-0.15, -0.1) is 0 Å². The molecule has 2 atom stereocenters. The van der Waals surface area contributed by atoms with E-state index in [9.17, 15) is 4.79 Å². The molecular formula is C10H20N2O2. The van der Waals surface area contributed by atoms with Crippen LogP contribution >= 0.6 is 0 Å². The van der Waals surface area contributed by atoms with Gasteiger partial charge >= 0.3 is 0 Å². The van der Waals surface area contributed by atoms with E-state index in [1.807, 2.05) is 0 Å². The molecule has 0 aliphatic carbocycles. The van der Waals surface area contributed by atoms with Gasteiger partial charge in [0.1, 0.15) is 0 Å². The first kappa shape index (κ1) is 11.5. The monoisotopic (exact) mass is 200 g/mol. The van der Waals surface area contributed by atoms with Crippen LogP contribution in [0.2, 0.25) is 0 Å². The van der Waals surface area contributed by atoms with Crippen molar-refractivity contribution in [2.75, 3.05) is 26.2 Å². The second-order valence-corrected chi connectivity index (χ2v) is 4.00. The van der Waals surface area contributed by atoms with Crippen LogP contribution in [-0.2, 0) is 9.53 Å². The summed E-state index contributed by atoms with van der Waals surface area (Å²) >= 11 is 0. The zero-order valence-electron chi connectivity index (χ0n) is 9.25. The molecule has 0 aromatic rings. The first-order valence-corrected chi connectivity index (χ1v) is 5.20. The van der Waals surface area contributed by atoms with E-state index in [1.54, 1.807) is 6.92 Å². The maximum absolute atomic E-state index is 10.7. The molecule has 0 aromatic heterocycles. The largest absolute Gasteiger partial charge is 0.373 e. The maximum Gasteiger partial charge on any atom is 0.216 e. The number of morpholine rings is 1. The lowest BCUT2D eigenvalue weighted by Gasteiger charge is -2.35. The van der Waals surface area contributed by atoms with Crippen molar-refractivity contribution in [2.45, 2.75) is 33.0 Å². The standard InChI is InChI=1S/C10H20N2O2/c1-8-6-12(7-9(2)14-8)5-4-11-10(3)13/h8-9H,4-7H2,1-3H3,(H,11,13)/t8-,9+. The molecular weight excluding hydrogens is 180 g/mol. The molecule has 0 radical (unpaired) electrons. The number of nitrogens with one attached hydrogen (secondary N) is 1. The Kier molecular flexibility index (Phi) is 4.35. The average Bonchev–Trinajstić information content (AvgIpc) is 2.01. The number of carbonyl (C=O) groups is 1. The molecule has 14 heavy (non-hydrogen) atoms. The second kappa shape index (κ2) is 5.32. The van der Waals surface area contributed by atoms with Crippen LogP contribution in [0.3, 0.4) is 0 Å². The highest BCUT2D eigenvalue weighted by molar-refractivity contribution is 5.72. The Morgan fingerprint density at radius 1 is 1.43 bits per heavy atom. The average molecular weight is 200 g/mol. The summed E-state index contributed by atoms with van der Waals surface area (Å²) in [4.78, 5) is 13.0. The highest BCUT2D eigenvalue weighted by Gasteiger charge is 2.21. The van der Waals surface area contributed by atoms with E-state index in [2.05, 4.69) is 24.1 Å². The van der Waals surface area contributed by atoms with Crippen molar-refractivity contribution in [3.8, 4) is 0 Å². The van der Waals surface area contributed by atoms with Crippen LogP contribution < -0.4 is 5.32 Å². The fourth-order valence-corrected chi connectivity index (χ4v) is 1.86. The molecule has 1 heterocycles. The van der Waals surface area contributed by atoms with E-state index in [4.69, 9.17) is 4.74 Å². The first-order valence-electron chi connectivity index (χ1n) is 5.20. The number of nitrogens with zero attached hydrogens (tertiary/aromatic N) is 1. The van der Waals surface area contributed by atoms with Crippen molar-refractivity contribution in [3.63, 3.8) is 0 Å². The summed E-state index contributed by atoms with van der Waals surface area (Å²) < 4.78 is 5.61. The Labute approximate surface area is 85.6 Å². The molecule has 1 fully saturated rings. The first-order chi connectivity index (χ1) is 6.58. The molecule has 82 valence electrons. The van der Waals surface area contributed by atoms with Crippen molar-refractivity contribution < 1.29 is 9.53 Å². The molecule has 1 aliphatic heterocycles. The van der Waals surface area contributed by atoms with Gasteiger partial charge in [0.2, 0.25) is 5.91 Å². The number of ether oxygens (including phenoxy) is 1. The van der Waals surface area contributed by atoms with Gasteiger partial charge in [-0.05, 0) is 13.8 Å². The van der Waals surface area contributed by atoms with Crippen LogP contribution in [0.1, 0.15) is 20.8 Å². The van der Waals surface area contributed by atoms with Gasteiger partial charge in [-0.3, -0.25) is 9.69 Å². The quantitative estimate of drug-likeness (QED) is 0.709. The third-order valence-corrected chi connectivity index (χ3v) is 2.30. The molecule has 0 aromatic carbocycles. The molecule has 0 saturated carbocycles. The normalized spacial score (nSPS) is 28.8. The van der Waals surface area contributed by atoms with E-state index in [0.717, 1.165) is 26.2 Å². The lowest BCUT2D eigenvalue weighted by molar-refractivity contribution is -0.119. The summed E-state index contributed by atoms with van der Waals surface area (Å²) in [5, 5.41) is 2.80. The van der Waals surface area contributed by atoms with E-state index in [0.29, 0.717) is 12.2 Å². The third kappa shape index (κ3) is 4.07. The zero-order chi connectivity index (χ0) is 10.6. The van der Waals surface area contributed by atoms with Gasteiger partial charge < -0.3 is 10.1 Å². The van der Waals surface area contributed by atoms with Gasteiger partial charge in [-0.1, -0.05) is 0 Å². The minimum atomic E-state index is 0.0411. The highest BCUT2D eigenvalue weighted by Crippen LogP contribution is 2.09. The smallest absolute Gasteiger partial charge is 0.216 e. The molecule has 1 amide bonds. The Bertz CT molecular complexity index is 187. The molecule has 1 saturated heterocycles. The minimum Gasteiger partial charge on any atom is -0.373 e. The molecule has 4 heteroatoms. The maximum atomic E-state index is 10.7. The number of hydrogen-bond acceptors (Lipinski definition) is 3.